The third-order valence-corrected chi connectivity index (χ3v) is 2.72. The van der Waals surface area contributed by atoms with Crippen molar-refractivity contribution in [2.75, 3.05) is 18.0 Å². The SMILES string of the molecule is C#CCN(CC)c1ccc(C#N)cc1Br. The van der Waals surface area contributed by atoms with Crippen molar-refractivity contribution in [2.24, 2.45) is 0 Å². The Morgan fingerprint density at radius 3 is 2.73 bits per heavy atom. The molecule has 76 valence electrons. The van der Waals surface area contributed by atoms with Crippen LogP contribution in [0.1, 0.15) is 12.5 Å². The van der Waals surface area contributed by atoms with Gasteiger partial charge in [-0.25, -0.2) is 0 Å². The maximum Gasteiger partial charge on any atom is 0.0992 e. The second-order valence-corrected chi connectivity index (χ2v) is 3.85. The monoisotopic (exact) mass is 262 g/mol. The molecule has 0 aliphatic carbocycles. The summed E-state index contributed by atoms with van der Waals surface area (Å²) in [5, 5.41) is 8.74. The molecule has 15 heavy (non-hydrogen) atoms. The number of hydrogen-bond donors (Lipinski definition) is 0. The van der Waals surface area contributed by atoms with E-state index in [-0.39, 0.29) is 0 Å². The summed E-state index contributed by atoms with van der Waals surface area (Å²) in [7, 11) is 0. The van der Waals surface area contributed by atoms with Crippen LogP contribution in [0.25, 0.3) is 0 Å². The number of nitriles is 1. The van der Waals surface area contributed by atoms with Gasteiger partial charge in [-0.1, -0.05) is 5.92 Å². The van der Waals surface area contributed by atoms with Crippen molar-refractivity contribution in [1.29, 1.82) is 5.26 Å². The van der Waals surface area contributed by atoms with Crippen LogP contribution in [0.15, 0.2) is 22.7 Å². The summed E-state index contributed by atoms with van der Waals surface area (Å²) in [6.45, 7) is 3.46. The van der Waals surface area contributed by atoms with Gasteiger partial charge in [0.05, 0.1) is 23.9 Å². The maximum atomic E-state index is 8.74. The highest BCUT2D eigenvalue weighted by molar-refractivity contribution is 9.10. The quantitative estimate of drug-likeness (QED) is 0.784. The predicted molar refractivity (Wildman–Crippen MR) is 65.6 cm³/mol. The molecule has 0 aliphatic heterocycles. The van der Waals surface area contributed by atoms with Crippen LogP contribution in [0.4, 0.5) is 5.69 Å². The van der Waals surface area contributed by atoms with Crippen LogP contribution in [0.5, 0.6) is 0 Å². The standard InChI is InChI=1S/C12H11BrN2/c1-3-7-15(4-2)12-6-5-10(9-14)8-11(12)13/h1,5-6,8H,4,7H2,2H3. The van der Waals surface area contributed by atoms with Gasteiger partial charge in [-0.15, -0.1) is 6.42 Å². The van der Waals surface area contributed by atoms with Crippen LogP contribution < -0.4 is 4.90 Å². The molecule has 0 spiro atoms. The van der Waals surface area contributed by atoms with E-state index in [1.54, 1.807) is 12.1 Å². The van der Waals surface area contributed by atoms with Gasteiger partial charge < -0.3 is 4.90 Å². The molecular weight excluding hydrogens is 252 g/mol. The van der Waals surface area contributed by atoms with Gasteiger partial charge in [0.1, 0.15) is 0 Å². The molecule has 0 atom stereocenters. The molecule has 0 amide bonds. The Balaban J connectivity index is 3.05. The summed E-state index contributed by atoms with van der Waals surface area (Å²) < 4.78 is 0.902. The fourth-order valence-electron chi connectivity index (χ4n) is 1.31. The first kappa shape index (κ1) is 11.6. The molecule has 0 fully saturated rings. The van der Waals surface area contributed by atoms with Crippen LogP contribution >= 0.6 is 15.9 Å². The van der Waals surface area contributed by atoms with Crippen molar-refractivity contribution in [3.63, 3.8) is 0 Å². The van der Waals surface area contributed by atoms with Crippen molar-refractivity contribution in [3.05, 3.63) is 28.2 Å². The van der Waals surface area contributed by atoms with Gasteiger partial charge in [0, 0.05) is 11.0 Å². The highest BCUT2D eigenvalue weighted by atomic mass is 79.9. The molecule has 0 saturated carbocycles. The van der Waals surface area contributed by atoms with Crippen LogP contribution in [0.2, 0.25) is 0 Å². The molecule has 0 N–H and O–H groups in total. The van der Waals surface area contributed by atoms with Gasteiger partial charge in [-0.05, 0) is 41.1 Å². The first-order chi connectivity index (χ1) is 7.22. The molecule has 1 aromatic carbocycles. The van der Waals surface area contributed by atoms with Crippen molar-refractivity contribution in [2.45, 2.75) is 6.92 Å². The van der Waals surface area contributed by atoms with E-state index >= 15 is 0 Å². The first-order valence-corrected chi connectivity index (χ1v) is 5.40. The van der Waals surface area contributed by atoms with Crippen LogP contribution in [-0.2, 0) is 0 Å². The van der Waals surface area contributed by atoms with Gasteiger partial charge in [0.15, 0.2) is 0 Å². The summed E-state index contributed by atoms with van der Waals surface area (Å²) in [6.07, 6.45) is 5.29. The topological polar surface area (TPSA) is 27.0 Å². The fourth-order valence-corrected chi connectivity index (χ4v) is 1.94. The average Bonchev–Trinajstić information content (AvgIpc) is 2.26. The van der Waals surface area contributed by atoms with Crippen molar-refractivity contribution >= 4 is 21.6 Å². The van der Waals surface area contributed by atoms with E-state index in [2.05, 4.69) is 32.8 Å². The number of hydrogen-bond acceptors (Lipinski definition) is 2. The number of nitrogens with zero attached hydrogens (tertiary/aromatic N) is 2. The minimum absolute atomic E-state index is 0.570. The molecule has 0 heterocycles. The Labute approximate surface area is 98.6 Å². The van der Waals surface area contributed by atoms with E-state index in [1.165, 1.54) is 0 Å². The molecular formula is C12H11BrN2. The van der Waals surface area contributed by atoms with E-state index in [0.717, 1.165) is 16.7 Å². The summed E-state index contributed by atoms with van der Waals surface area (Å²) >= 11 is 3.44. The molecule has 0 aliphatic rings. The zero-order valence-electron chi connectivity index (χ0n) is 8.50. The third-order valence-electron chi connectivity index (χ3n) is 2.08. The molecule has 2 nitrogen and oxygen atoms in total. The zero-order valence-corrected chi connectivity index (χ0v) is 10.1. The minimum atomic E-state index is 0.570. The van der Waals surface area contributed by atoms with Crippen molar-refractivity contribution < 1.29 is 0 Å². The molecule has 0 aromatic heterocycles. The molecule has 0 radical (unpaired) electrons. The first-order valence-electron chi connectivity index (χ1n) is 4.61. The van der Waals surface area contributed by atoms with E-state index in [4.69, 9.17) is 11.7 Å². The number of rotatable bonds is 3. The van der Waals surface area contributed by atoms with Crippen LogP contribution in [-0.4, -0.2) is 13.1 Å². The Bertz CT molecular complexity index is 426. The summed E-state index contributed by atoms with van der Waals surface area (Å²) in [5.74, 6) is 2.61. The zero-order chi connectivity index (χ0) is 11.3. The number of terminal acetylenes is 1. The van der Waals surface area contributed by atoms with Gasteiger partial charge in [0.25, 0.3) is 0 Å². The second kappa shape index (κ2) is 5.44. The summed E-state index contributed by atoms with van der Waals surface area (Å²) in [5.41, 5.74) is 1.66. The fraction of sp³-hybridized carbons (Fsp3) is 0.250. The average molecular weight is 263 g/mol. The van der Waals surface area contributed by atoms with Gasteiger partial charge in [0.2, 0.25) is 0 Å². The second-order valence-electron chi connectivity index (χ2n) is 3.00. The van der Waals surface area contributed by atoms with Crippen molar-refractivity contribution in [1.82, 2.24) is 0 Å². The van der Waals surface area contributed by atoms with E-state index in [1.807, 2.05) is 13.0 Å². The highest BCUT2D eigenvalue weighted by Crippen LogP contribution is 2.26. The van der Waals surface area contributed by atoms with Crippen molar-refractivity contribution in [3.8, 4) is 18.4 Å². The lowest BCUT2D eigenvalue weighted by atomic mass is 10.2. The summed E-state index contributed by atoms with van der Waals surface area (Å²) in [6, 6.07) is 7.59. The number of benzene rings is 1. The molecule has 1 aromatic rings. The highest BCUT2D eigenvalue weighted by Gasteiger charge is 2.07. The molecule has 1 rings (SSSR count). The molecule has 3 heteroatoms. The van der Waals surface area contributed by atoms with Gasteiger partial charge in [-0.3, -0.25) is 0 Å². The predicted octanol–water partition coefficient (Wildman–Crippen LogP) is 2.78. The van der Waals surface area contributed by atoms with Gasteiger partial charge in [-0.2, -0.15) is 5.26 Å². The minimum Gasteiger partial charge on any atom is -0.360 e. The third kappa shape index (κ3) is 2.75. The van der Waals surface area contributed by atoms with E-state index in [9.17, 15) is 0 Å². The lowest BCUT2D eigenvalue weighted by Gasteiger charge is -2.21. The van der Waals surface area contributed by atoms with E-state index in [0.29, 0.717) is 12.1 Å². The Hall–Kier alpha value is -1.45. The number of anilines is 1. The Morgan fingerprint density at radius 1 is 1.53 bits per heavy atom. The molecule has 0 unspecified atom stereocenters. The largest absolute Gasteiger partial charge is 0.360 e. The summed E-state index contributed by atoms with van der Waals surface area (Å²) in [4.78, 5) is 2.06. The molecule has 0 saturated heterocycles. The number of halogens is 1. The lowest BCUT2D eigenvalue weighted by molar-refractivity contribution is 0.915. The normalized spacial score (nSPS) is 9.07. The Morgan fingerprint density at radius 2 is 2.27 bits per heavy atom. The maximum absolute atomic E-state index is 8.74. The molecule has 0 bridgehead atoms. The van der Waals surface area contributed by atoms with Crippen LogP contribution in [0, 0.1) is 23.7 Å². The Kier molecular flexibility index (Phi) is 4.21. The van der Waals surface area contributed by atoms with E-state index < -0.39 is 0 Å². The van der Waals surface area contributed by atoms with Gasteiger partial charge >= 0.3 is 0 Å². The smallest absolute Gasteiger partial charge is 0.0992 e. The van der Waals surface area contributed by atoms with Crippen LogP contribution in [0.3, 0.4) is 0 Å². The lowest BCUT2D eigenvalue weighted by Crippen LogP contribution is -2.23.